The van der Waals surface area contributed by atoms with Crippen LogP contribution in [-0.4, -0.2) is 42.0 Å². The van der Waals surface area contributed by atoms with E-state index < -0.39 is 6.04 Å². The van der Waals surface area contributed by atoms with Crippen molar-refractivity contribution in [3.8, 4) is 0 Å². The van der Waals surface area contributed by atoms with Crippen LogP contribution in [0.3, 0.4) is 0 Å². The second kappa shape index (κ2) is 7.94. The molecule has 1 heterocycles. The zero-order valence-corrected chi connectivity index (χ0v) is 13.2. The molecule has 0 radical (unpaired) electrons. The van der Waals surface area contributed by atoms with Crippen molar-refractivity contribution in [3.05, 3.63) is 35.9 Å². The summed E-state index contributed by atoms with van der Waals surface area (Å²) < 4.78 is 5.49. The molecule has 120 valence electrons. The molecule has 0 bridgehead atoms. The van der Waals surface area contributed by atoms with Crippen LogP contribution in [0.5, 0.6) is 0 Å². The van der Waals surface area contributed by atoms with Crippen LogP contribution >= 0.6 is 0 Å². The molecule has 5 heteroatoms. The molecule has 2 rings (SSSR count). The van der Waals surface area contributed by atoms with Gasteiger partial charge in [-0.3, -0.25) is 9.59 Å². The van der Waals surface area contributed by atoms with Crippen molar-refractivity contribution in [3.63, 3.8) is 0 Å². The standard InChI is InChI=1S/C17H24N2O3/c1-13(17(21)18-11-16-9-6-10-22-16)19(14(2)20)12-15-7-4-3-5-8-15/h3-5,7-8,13,16H,6,9-12H2,1-2H3,(H,18,21)/t13-,16-/m0/s1. The quantitative estimate of drug-likeness (QED) is 0.870. The number of hydrogen-bond donors (Lipinski definition) is 1. The molecule has 1 aliphatic heterocycles. The number of rotatable bonds is 6. The number of carbonyl (C=O) groups excluding carboxylic acids is 2. The predicted molar refractivity (Wildman–Crippen MR) is 84.1 cm³/mol. The molecule has 1 aromatic carbocycles. The van der Waals surface area contributed by atoms with Crippen LogP contribution in [0.4, 0.5) is 0 Å². The highest BCUT2D eigenvalue weighted by atomic mass is 16.5. The van der Waals surface area contributed by atoms with Crippen molar-refractivity contribution < 1.29 is 14.3 Å². The van der Waals surface area contributed by atoms with Crippen LogP contribution in [0.15, 0.2) is 30.3 Å². The van der Waals surface area contributed by atoms with Gasteiger partial charge in [-0.15, -0.1) is 0 Å². The third-order valence-electron chi connectivity index (χ3n) is 3.98. The van der Waals surface area contributed by atoms with E-state index in [2.05, 4.69) is 5.32 Å². The van der Waals surface area contributed by atoms with Gasteiger partial charge in [0.05, 0.1) is 6.10 Å². The number of amides is 2. The van der Waals surface area contributed by atoms with Crippen molar-refractivity contribution in [2.75, 3.05) is 13.2 Å². The van der Waals surface area contributed by atoms with E-state index in [-0.39, 0.29) is 17.9 Å². The van der Waals surface area contributed by atoms with E-state index in [1.54, 1.807) is 11.8 Å². The topological polar surface area (TPSA) is 58.6 Å². The van der Waals surface area contributed by atoms with Gasteiger partial charge in [0.1, 0.15) is 6.04 Å². The molecule has 0 saturated carbocycles. The molecular weight excluding hydrogens is 280 g/mol. The van der Waals surface area contributed by atoms with Gasteiger partial charge < -0.3 is 15.0 Å². The second-order valence-electron chi connectivity index (χ2n) is 5.69. The van der Waals surface area contributed by atoms with Crippen LogP contribution in [0, 0.1) is 0 Å². The van der Waals surface area contributed by atoms with Crippen LogP contribution in [0.25, 0.3) is 0 Å². The summed E-state index contributed by atoms with van der Waals surface area (Å²) in [5.41, 5.74) is 1.01. The van der Waals surface area contributed by atoms with E-state index in [1.807, 2.05) is 30.3 Å². The minimum absolute atomic E-state index is 0.107. The Balaban J connectivity index is 1.91. The maximum atomic E-state index is 12.3. The third-order valence-corrected chi connectivity index (χ3v) is 3.98. The van der Waals surface area contributed by atoms with Crippen LogP contribution in [0.2, 0.25) is 0 Å². The molecule has 1 aromatic rings. The molecule has 1 N–H and O–H groups in total. The maximum absolute atomic E-state index is 12.3. The Labute approximate surface area is 131 Å². The summed E-state index contributed by atoms with van der Waals surface area (Å²) in [5.74, 6) is -0.245. The number of benzene rings is 1. The van der Waals surface area contributed by atoms with E-state index in [0.29, 0.717) is 13.1 Å². The normalized spacial score (nSPS) is 18.7. The average molecular weight is 304 g/mol. The Bertz CT molecular complexity index is 498. The second-order valence-corrected chi connectivity index (χ2v) is 5.69. The van der Waals surface area contributed by atoms with Gasteiger partial charge in [-0.25, -0.2) is 0 Å². The molecule has 1 saturated heterocycles. The van der Waals surface area contributed by atoms with E-state index in [9.17, 15) is 9.59 Å². The molecule has 1 aliphatic rings. The van der Waals surface area contributed by atoms with Gasteiger partial charge in [-0.1, -0.05) is 30.3 Å². The summed E-state index contributed by atoms with van der Waals surface area (Å²) in [4.78, 5) is 25.7. The van der Waals surface area contributed by atoms with Crippen molar-refractivity contribution >= 4 is 11.8 Å². The fourth-order valence-corrected chi connectivity index (χ4v) is 2.61. The van der Waals surface area contributed by atoms with Gasteiger partial charge in [0.2, 0.25) is 11.8 Å². The Kier molecular flexibility index (Phi) is 5.95. The van der Waals surface area contributed by atoms with Gasteiger partial charge in [0.15, 0.2) is 0 Å². The summed E-state index contributed by atoms with van der Waals surface area (Å²) in [6.07, 6.45) is 2.13. The first-order valence-corrected chi connectivity index (χ1v) is 7.78. The minimum Gasteiger partial charge on any atom is -0.376 e. The smallest absolute Gasteiger partial charge is 0.242 e. The zero-order valence-electron chi connectivity index (χ0n) is 13.2. The summed E-state index contributed by atoms with van der Waals surface area (Å²) in [5, 5.41) is 2.89. The largest absolute Gasteiger partial charge is 0.376 e. The highest BCUT2D eigenvalue weighted by molar-refractivity contribution is 5.86. The Morgan fingerprint density at radius 3 is 2.68 bits per heavy atom. The van der Waals surface area contributed by atoms with Crippen molar-refractivity contribution in [1.82, 2.24) is 10.2 Å². The Morgan fingerprint density at radius 1 is 1.36 bits per heavy atom. The lowest BCUT2D eigenvalue weighted by Crippen LogP contribution is -2.48. The molecular formula is C17H24N2O3. The van der Waals surface area contributed by atoms with Gasteiger partial charge in [0.25, 0.3) is 0 Å². The number of ether oxygens (including phenoxy) is 1. The highest BCUT2D eigenvalue weighted by Gasteiger charge is 2.25. The van der Waals surface area contributed by atoms with Gasteiger partial charge in [-0.2, -0.15) is 0 Å². The Morgan fingerprint density at radius 2 is 2.09 bits per heavy atom. The summed E-state index contributed by atoms with van der Waals surface area (Å²) in [6.45, 7) is 4.97. The molecule has 0 spiro atoms. The lowest BCUT2D eigenvalue weighted by atomic mass is 10.1. The molecule has 2 atom stereocenters. The van der Waals surface area contributed by atoms with Gasteiger partial charge in [0, 0.05) is 26.6 Å². The van der Waals surface area contributed by atoms with Crippen molar-refractivity contribution in [2.24, 2.45) is 0 Å². The van der Waals surface area contributed by atoms with Crippen LogP contribution < -0.4 is 5.32 Å². The molecule has 1 fully saturated rings. The Hall–Kier alpha value is -1.88. The van der Waals surface area contributed by atoms with Crippen molar-refractivity contribution in [2.45, 2.75) is 45.4 Å². The zero-order chi connectivity index (χ0) is 15.9. The summed E-state index contributed by atoms with van der Waals surface area (Å²) in [7, 11) is 0. The first-order valence-electron chi connectivity index (χ1n) is 7.78. The third kappa shape index (κ3) is 4.56. The molecule has 0 unspecified atom stereocenters. The van der Waals surface area contributed by atoms with E-state index in [4.69, 9.17) is 4.74 Å². The summed E-state index contributed by atoms with van der Waals surface area (Å²) in [6, 6.07) is 9.18. The van der Waals surface area contributed by atoms with Gasteiger partial charge >= 0.3 is 0 Å². The fraction of sp³-hybridized carbons (Fsp3) is 0.529. The molecule has 22 heavy (non-hydrogen) atoms. The van der Waals surface area contributed by atoms with E-state index in [0.717, 1.165) is 25.0 Å². The minimum atomic E-state index is -0.501. The average Bonchev–Trinajstić information content (AvgIpc) is 3.03. The van der Waals surface area contributed by atoms with Crippen molar-refractivity contribution in [1.29, 1.82) is 0 Å². The number of carbonyl (C=O) groups is 2. The van der Waals surface area contributed by atoms with E-state index in [1.165, 1.54) is 6.92 Å². The molecule has 0 aliphatic carbocycles. The molecule has 2 amide bonds. The van der Waals surface area contributed by atoms with Crippen LogP contribution in [-0.2, 0) is 20.9 Å². The number of hydrogen-bond acceptors (Lipinski definition) is 3. The molecule has 0 aromatic heterocycles. The number of nitrogens with zero attached hydrogens (tertiary/aromatic N) is 1. The van der Waals surface area contributed by atoms with Crippen LogP contribution in [0.1, 0.15) is 32.3 Å². The lowest BCUT2D eigenvalue weighted by Gasteiger charge is -2.27. The monoisotopic (exact) mass is 304 g/mol. The fourth-order valence-electron chi connectivity index (χ4n) is 2.61. The number of nitrogens with one attached hydrogen (secondary N) is 1. The van der Waals surface area contributed by atoms with Gasteiger partial charge in [-0.05, 0) is 25.3 Å². The molecule has 5 nitrogen and oxygen atoms in total. The maximum Gasteiger partial charge on any atom is 0.242 e. The van der Waals surface area contributed by atoms with E-state index >= 15 is 0 Å². The first kappa shape index (κ1) is 16.5. The SMILES string of the molecule is CC(=O)N(Cc1ccccc1)[C@@H](C)C(=O)NC[C@@H]1CCCO1. The highest BCUT2D eigenvalue weighted by Crippen LogP contribution is 2.12. The summed E-state index contributed by atoms with van der Waals surface area (Å²) >= 11 is 0. The predicted octanol–water partition coefficient (Wildman–Crippen LogP) is 1.72. The lowest BCUT2D eigenvalue weighted by molar-refractivity contribution is -0.139. The first-order chi connectivity index (χ1) is 10.6.